The van der Waals surface area contributed by atoms with E-state index in [2.05, 4.69) is 15.4 Å². The normalized spacial score (nSPS) is 20.0. The van der Waals surface area contributed by atoms with Gasteiger partial charge in [0.15, 0.2) is 4.87 Å². The van der Waals surface area contributed by atoms with E-state index >= 15 is 0 Å². The third kappa shape index (κ3) is 4.15. The summed E-state index contributed by atoms with van der Waals surface area (Å²) in [5.74, 6) is -0.570. The molecule has 0 aliphatic carbocycles. The highest BCUT2D eigenvalue weighted by Crippen LogP contribution is 2.49. The first-order chi connectivity index (χ1) is 15.3. The highest BCUT2D eigenvalue weighted by molar-refractivity contribution is 8.05. The summed E-state index contributed by atoms with van der Waals surface area (Å²) < 4.78 is 28.8. The molecule has 11 heteroatoms. The Kier molecular flexibility index (Phi) is 5.83. The van der Waals surface area contributed by atoms with Crippen LogP contribution < -0.4 is 26.8 Å². The first kappa shape index (κ1) is 21.8. The molecule has 2 aliphatic heterocycles. The lowest BCUT2D eigenvalue weighted by molar-refractivity contribution is -0.121. The van der Waals surface area contributed by atoms with E-state index < -0.39 is 17.4 Å². The fourth-order valence-electron chi connectivity index (χ4n) is 3.66. The molecule has 0 radical (unpaired) electrons. The number of hydrogen-bond acceptors (Lipinski definition) is 6. The number of nitrogens with zero attached hydrogens (tertiary/aromatic N) is 1. The van der Waals surface area contributed by atoms with Crippen LogP contribution in [0.2, 0.25) is 0 Å². The molecule has 168 valence electrons. The van der Waals surface area contributed by atoms with Gasteiger partial charge in [0.25, 0.3) is 5.91 Å². The number of hydrogen-bond donors (Lipinski definition) is 4. The van der Waals surface area contributed by atoms with Gasteiger partial charge in [-0.05, 0) is 30.3 Å². The van der Waals surface area contributed by atoms with Crippen molar-refractivity contribution in [3.8, 4) is 5.75 Å². The number of nitrogens with two attached hydrogens (primary N) is 2. The number of halogens is 2. The summed E-state index contributed by atoms with van der Waals surface area (Å²) in [6.45, 7) is -2.21. The summed E-state index contributed by atoms with van der Waals surface area (Å²) in [4.78, 5) is 26.4. The van der Waals surface area contributed by atoms with E-state index in [1.54, 1.807) is 29.2 Å². The Balaban J connectivity index is 1.45. The number of amides is 3. The van der Waals surface area contributed by atoms with Gasteiger partial charge in [-0.3, -0.25) is 4.79 Å². The Morgan fingerprint density at radius 2 is 1.91 bits per heavy atom. The van der Waals surface area contributed by atoms with Gasteiger partial charge < -0.3 is 31.7 Å². The summed E-state index contributed by atoms with van der Waals surface area (Å²) in [6, 6.07) is 12.3. The highest BCUT2D eigenvalue weighted by atomic mass is 32.2. The Morgan fingerprint density at radius 1 is 1.19 bits per heavy atom. The molecule has 1 unspecified atom stereocenters. The first-order valence-corrected chi connectivity index (χ1v) is 10.5. The maximum Gasteiger partial charge on any atom is 0.387 e. The molecule has 0 aromatic heterocycles. The third-order valence-electron chi connectivity index (χ3n) is 5.21. The van der Waals surface area contributed by atoms with E-state index in [0.29, 0.717) is 29.9 Å². The number of urea groups is 1. The number of nitrogens with one attached hydrogen (secondary N) is 2. The minimum atomic E-state index is -2.91. The Hall–Kier alpha value is -3.47. The number of alkyl halides is 2. The molecule has 0 saturated carbocycles. The van der Waals surface area contributed by atoms with Crippen LogP contribution in [0.4, 0.5) is 25.0 Å². The quantitative estimate of drug-likeness (QED) is 0.508. The zero-order valence-corrected chi connectivity index (χ0v) is 17.6. The molecule has 8 nitrogen and oxygen atoms in total. The second kappa shape index (κ2) is 8.58. The predicted molar refractivity (Wildman–Crippen MR) is 118 cm³/mol. The average Bonchev–Trinajstić information content (AvgIpc) is 3.15. The predicted octanol–water partition coefficient (Wildman–Crippen LogP) is 2.99. The number of primary amides is 1. The number of anilines is 2. The lowest BCUT2D eigenvalue weighted by Crippen LogP contribution is -2.47. The second-order valence-electron chi connectivity index (χ2n) is 7.27. The van der Waals surface area contributed by atoms with Gasteiger partial charge in [-0.25, -0.2) is 4.79 Å². The van der Waals surface area contributed by atoms with E-state index in [0.717, 1.165) is 10.6 Å². The standard InChI is InChI=1S/C21H21F2N5O3S/c22-19(23)31-13-7-5-12(6-8-13)26-20(30)28-10-9-16-17(11-28)32-21(27-16,18(25)29)14-3-1-2-4-15(14)24/h1-8,19,27H,9-11,24H2,(H2,25,29)(H,26,30). The molecule has 0 bridgehead atoms. The van der Waals surface area contributed by atoms with Gasteiger partial charge in [0, 0.05) is 40.5 Å². The molecule has 0 saturated heterocycles. The molecule has 2 aromatic carbocycles. The smallest absolute Gasteiger partial charge is 0.387 e. The van der Waals surface area contributed by atoms with Crippen molar-refractivity contribution in [3.63, 3.8) is 0 Å². The van der Waals surface area contributed by atoms with Crippen LogP contribution in [-0.4, -0.2) is 36.5 Å². The Morgan fingerprint density at radius 3 is 2.56 bits per heavy atom. The monoisotopic (exact) mass is 461 g/mol. The highest BCUT2D eigenvalue weighted by Gasteiger charge is 2.48. The lowest BCUT2D eigenvalue weighted by Gasteiger charge is -2.28. The topological polar surface area (TPSA) is 123 Å². The molecule has 6 N–H and O–H groups in total. The molecule has 3 amide bonds. The number of ether oxygens (including phenoxy) is 1. The van der Waals surface area contributed by atoms with Gasteiger partial charge in [0.05, 0.1) is 6.54 Å². The van der Waals surface area contributed by atoms with Crippen molar-refractivity contribution in [2.24, 2.45) is 5.73 Å². The van der Waals surface area contributed by atoms with Gasteiger partial charge in [-0.2, -0.15) is 8.78 Å². The number of nitrogen functional groups attached to an aromatic ring is 1. The van der Waals surface area contributed by atoms with Crippen molar-refractivity contribution >= 4 is 35.1 Å². The second-order valence-corrected chi connectivity index (χ2v) is 8.58. The summed E-state index contributed by atoms with van der Waals surface area (Å²) in [7, 11) is 0. The number of carbonyl (C=O) groups is 2. The van der Waals surface area contributed by atoms with Crippen LogP contribution in [0.15, 0.2) is 59.1 Å². The van der Waals surface area contributed by atoms with Gasteiger partial charge in [0.1, 0.15) is 5.75 Å². The number of benzene rings is 2. The minimum absolute atomic E-state index is 0.00201. The van der Waals surface area contributed by atoms with Crippen molar-refractivity contribution in [1.82, 2.24) is 10.2 Å². The lowest BCUT2D eigenvalue weighted by atomic mass is 10.0. The van der Waals surface area contributed by atoms with Gasteiger partial charge >= 0.3 is 12.6 Å². The van der Waals surface area contributed by atoms with Crippen LogP contribution in [0.1, 0.15) is 12.0 Å². The molecule has 0 spiro atoms. The summed E-state index contributed by atoms with van der Waals surface area (Å²) >= 11 is 1.26. The molecule has 0 fully saturated rings. The number of thioether (sulfide) groups is 1. The van der Waals surface area contributed by atoms with E-state index in [4.69, 9.17) is 11.5 Å². The summed E-state index contributed by atoms with van der Waals surface area (Å²) in [6.07, 6.45) is 0.513. The minimum Gasteiger partial charge on any atom is -0.435 e. The zero-order chi connectivity index (χ0) is 22.9. The summed E-state index contributed by atoms with van der Waals surface area (Å²) in [5.41, 5.74) is 14.2. The van der Waals surface area contributed by atoms with E-state index in [-0.39, 0.29) is 18.3 Å². The molecule has 4 rings (SSSR count). The van der Waals surface area contributed by atoms with Gasteiger partial charge in [-0.15, -0.1) is 0 Å². The SMILES string of the molecule is NC(=O)C1(c2ccccc2N)NC2=C(CN(C(=O)Nc3ccc(OC(F)F)cc3)CC2)S1. The van der Waals surface area contributed by atoms with Gasteiger partial charge in [-0.1, -0.05) is 30.0 Å². The molecular formula is C21H21F2N5O3S. The van der Waals surface area contributed by atoms with Gasteiger partial charge in [0.2, 0.25) is 0 Å². The number of para-hydroxylation sites is 1. The molecule has 32 heavy (non-hydrogen) atoms. The van der Waals surface area contributed by atoms with Crippen molar-refractivity contribution in [1.29, 1.82) is 0 Å². The maximum atomic E-state index is 12.7. The summed E-state index contributed by atoms with van der Waals surface area (Å²) in [5, 5.41) is 5.98. The molecule has 2 aliphatic rings. The number of carbonyl (C=O) groups excluding carboxylic acids is 2. The van der Waals surface area contributed by atoms with Crippen LogP contribution >= 0.6 is 11.8 Å². The number of rotatable bonds is 5. The van der Waals surface area contributed by atoms with Crippen LogP contribution in [0.25, 0.3) is 0 Å². The molecule has 2 aromatic rings. The maximum absolute atomic E-state index is 12.7. The van der Waals surface area contributed by atoms with Crippen LogP contribution in [0.3, 0.4) is 0 Å². The van der Waals surface area contributed by atoms with Crippen LogP contribution in [-0.2, 0) is 9.67 Å². The van der Waals surface area contributed by atoms with E-state index in [1.165, 1.54) is 36.0 Å². The van der Waals surface area contributed by atoms with Crippen LogP contribution in [0.5, 0.6) is 5.75 Å². The largest absolute Gasteiger partial charge is 0.435 e. The van der Waals surface area contributed by atoms with Crippen molar-refractivity contribution in [2.45, 2.75) is 17.9 Å². The molecule has 2 heterocycles. The average molecular weight is 461 g/mol. The fourth-order valence-corrected chi connectivity index (χ4v) is 5.10. The van der Waals surface area contributed by atoms with E-state index in [9.17, 15) is 18.4 Å². The zero-order valence-electron chi connectivity index (χ0n) is 16.8. The Bertz CT molecular complexity index is 1080. The van der Waals surface area contributed by atoms with Crippen LogP contribution in [0, 0.1) is 0 Å². The van der Waals surface area contributed by atoms with E-state index in [1.807, 2.05) is 0 Å². The van der Waals surface area contributed by atoms with Crippen molar-refractivity contribution in [3.05, 3.63) is 64.7 Å². The molecular weight excluding hydrogens is 440 g/mol. The van der Waals surface area contributed by atoms with Crippen molar-refractivity contribution in [2.75, 3.05) is 24.1 Å². The first-order valence-electron chi connectivity index (χ1n) is 9.73. The van der Waals surface area contributed by atoms with Crippen molar-refractivity contribution < 1.29 is 23.1 Å². The fraction of sp³-hybridized carbons (Fsp3) is 0.238. The molecule has 1 atom stereocenters. The third-order valence-corrected chi connectivity index (χ3v) is 6.66. The Labute approximate surface area is 187 Å².